The molecule has 0 radical (unpaired) electrons. The fraction of sp³-hybridized carbons (Fsp3) is 0.500. The minimum atomic E-state index is -0.262. The molecule has 1 aliphatic carbocycles. The van der Waals surface area contributed by atoms with E-state index in [1.165, 1.54) is 0 Å². The van der Waals surface area contributed by atoms with Gasteiger partial charge in [0.1, 0.15) is 0 Å². The Balaban J connectivity index is 1.98. The highest BCUT2D eigenvalue weighted by Crippen LogP contribution is 2.40. The summed E-state index contributed by atoms with van der Waals surface area (Å²) in [7, 11) is 0. The smallest absolute Gasteiger partial charge is 0.0832 e. The number of hydrogen-bond donors (Lipinski definition) is 1. The van der Waals surface area contributed by atoms with Crippen LogP contribution in [0.15, 0.2) is 18.5 Å². The molecule has 14 heavy (non-hydrogen) atoms. The predicted octanol–water partition coefficient (Wildman–Crippen LogP) is 1.95. The number of nitrogens with zero attached hydrogens (tertiary/aromatic N) is 1. The second kappa shape index (κ2) is 3.89. The summed E-state index contributed by atoms with van der Waals surface area (Å²) in [4.78, 5) is 0. The molecule has 1 saturated carbocycles. The monoisotopic (exact) mass is 189 g/mol. The molecule has 2 nitrogen and oxygen atoms in total. The first-order valence-electron chi connectivity index (χ1n) is 5.08. The highest BCUT2D eigenvalue weighted by atomic mass is 16.3. The van der Waals surface area contributed by atoms with Gasteiger partial charge in [-0.05, 0) is 30.4 Å². The molecule has 1 aliphatic rings. The lowest BCUT2D eigenvalue weighted by Gasteiger charge is -2.05. The number of hydrogen-bond acceptors (Lipinski definition) is 1. The van der Waals surface area contributed by atoms with Gasteiger partial charge in [0.15, 0.2) is 0 Å². The van der Waals surface area contributed by atoms with Crippen molar-refractivity contribution in [3.8, 4) is 12.3 Å². The molecule has 1 atom stereocenters. The van der Waals surface area contributed by atoms with Gasteiger partial charge in [0.25, 0.3) is 0 Å². The number of aliphatic hydroxyl groups is 1. The summed E-state index contributed by atoms with van der Waals surface area (Å²) < 4.78 is 2.04. The maximum Gasteiger partial charge on any atom is 0.0832 e. The van der Waals surface area contributed by atoms with Gasteiger partial charge in [-0.25, -0.2) is 0 Å². The number of aryl methyl sites for hydroxylation is 1. The number of rotatable bonds is 4. The molecule has 2 rings (SSSR count). The van der Waals surface area contributed by atoms with Crippen LogP contribution in [0.4, 0.5) is 0 Å². The zero-order chi connectivity index (χ0) is 9.97. The molecular weight excluding hydrogens is 174 g/mol. The van der Waals surface area contributed by atoms with Crippen molar-refractivity contribution in [2.24, 2.45) is 5.92 Å². The van der Waals surface area contributed by atoms with E-state index in [0.29, 0.717) is 5.92 Å². The SMILES string of the molecule is C#CCCn1ccc(C(O)C2CC2)c1. The van der Waals surface area contributed by atoms with Crippen molar-refractivity contribution in [2.75, 3.05) is 0 Å². The van der Waals surface area contributed by atoms with Crippen LogP contribution in [0.3, 0.4) is 0 Å². The Labute approximate surface area is 84.6 Å². The van der Waals surface area contributed by atoms with Crippen LogP contribution in [0.1, 0.15) is 30.9 Å². The van der Waals surface area contributed by atoms with Gasteiger partial charge in [0.2, 0.25) is 0 Å². The van der Waals surface area contributed by atoms with E-state index in [4.69, 9.17) is 6.42 Å². The van der Waals surface area contributed by atoms with Gasteiger partial charge in [-0.2, -0.15) is 0 Å². The summed E-state index contributed by atoms with van der Waals surface area (Å²) in [6, 6.07) is 1.99. The van der Waals surface area contributed by atoms with E-state index in [9.17, 15) is 5.11 Å². The maximum atomic E-state index is 9.85. The minimum absolute atomic E-state index is 0.262. The first-order valence-corrected chi connectivity index (χ1v) is 5.08. The molecular formula is C12H15NO. The summed E-state index contributed by atoms with van der Waals surface area (Å²) in [6.45, 7) is 0.841. The number of terminal acetylenes is 1. The molecule has 1 fully saturated rings. The van der Waals surface area contributed by atoms with E-state index < -0.39 is 0 Å². The van der Waals surface area contributed by atoms with E-state index in [1.54, 1.807) is 0 Å². The third-order valence-electron chi connectivity index (χ3n) is 2.70. The molecule has 0 saturated heterocycles. The molecule has 1 heterocycles. The van der Waals surface area contributed by atoms with Crippen LogP contribution in [-0.2, 0) is 6.54 Å². The van der Waals surface area contributed by atoms with Gasteiger partial charge >= 0.3 is 0 Å². The summed E-state index contributed by atoms with van der Waals surface area (Å²) in [5.74, 6) is 3.11. The molecule has 1 N–H and O–H groups in total. The molecule has 0 spiro atoms. The lowest BCUT2D eigenvalue weighted by molar-refractivity contribution is 0.154. The summed E-state index contributed by atoms with van der Waals surface area (Å²) in [5, 5.41) is 9.85. The van der Waals surface area contributed by atoms with Gasteiger partial charge < -0.3 is 9.67 Å². The van der Waals surface area contributed by atoms with Crippen LogP contribution >= 0.6 is 0 Å². The fourth-order valence-corrected chi connectivity index (χ4v) is 1.65. The predicted molar refractivity (Wildman–Crippen MR) is 55.6 cm³/mol. The van der Waals surface area contributed by atoms with Gasteiger partial charge in [-0.1, -0.05) is 0 Å². The summed E-state index contributed by atoms with van der Waals surface area (Å²) in [6.07, 6.45) is 12.0. The van der Waals surface area contributed by atoms with E-state index in [1.807, 2.05) is 23.0 Å². The normalized spacial score (nSPS) is 17.7. The first-order chi connectivity index (χ1) is 6.81. The molecule has 0 bridgehead atoms. The lowest BCUT2D eigenvalue weighted by atomic mass is 10.1. The maximum absolute atomic E-state index is 9.85. The Kier molecular flexibility index (Phi) is 2.60. The van der Waals surface area contributed by atoms with Crippen LogP contribution in [0.2, 0.25) is 0 Å². The number of aromatic nitrogens is 1. The van der Waals surface area contributed by atoms with Crippen molar-refractivity contribution in [1.82, 2.24) is 4.57 Å². The lowest BCUT2D eigenvalue weighted by Crippen LogP contribution is -1.98. The quantitative estimate of drug-likeness (QED) is 0.720. The Morgan fingerprint density at radius 2 is 2.43 bits per heavy atom. The van der Waals surface area contributed by atoms with Crippen LogP contribution < -0.4 is 0 Å². The van der Waals surface area contributed by atoms with Gasteiger partial charge in [-0.15, -0.1) is 12.3 Å². The largest absolute Gasteiger partial charge is 0.388 e. The highest BCUT2D eigenvalue weighted by Gasteiger charge is 2.30. The van der Waals surface area contributed by atoms with Crippen molar-refractivity contribution < 1.29 is 5.11 Å². The molecule has 0 aliphatic heterocycles. The standard InChI is InChI=1S/C12H15NO/c1-2-3-7-13-8-6-11(9-13)12(14)10-4-5-10/h1,6,8-10,12,14H,3-5,7H2. The van der Waals surface area contributed by atoms with Gasteiger partial charge in [-0.3, -0.25) is 0 Å². The zero-order valence-corrected chi connectivity index (χ0v) is 8.19. The van der Waals surface area contributed by atoms with E-state index in [-0.39, 0.29) is 6.10 Å². The zero-order valence-electron chi connectivity index (χ0n) is 8.19. The molecule has 2 heteroatoms. The van der Waals surface area contributed by atoms with E-state index >= 15 is 0 Å². The van der Waals surface area contributed by atoms with Crippen molar-refractivity contribution >= 4 is 0 Å². The average molecular weight is 189 g/mol. The van der Waals surface area contributed by atoms with E-state index in [2.05, 4.69) is 5.92 Å². The summed E-state index contributed by atoms with van der Waals surface area (Å²) in [5.41, 5.74) is 1.03. The molecule has 0 amide bonds. The fourth-order valence-electron chi connectivity index (χ4n) is 1.65. The Morgan fingerprint density at radius 1 is 1.64 bits per heavy atom. The van der Waals surface area contributed by atoms with Crippen LogP contribution in [-0.4, -0.2) is 9.67 Å². The second-order valence-corrected chi connectivity index (χ2v) is 3.92. The van der Waals surface area contributed by atoms with Crippen molar-refractivity contribution in [2.45, 2.75) is 31.9 Å². The highest BCUT2D eigenvalue weighted by molar-refractivity contribution is 5.16. The Morgan fingerprint density at radius 3 is 3.07 bits per heavy atom. The first kappa shape index (κ1) is 9.36. The Bertz CT molecular complexity index is 343. The van der Waals surface area contributed by atoms with E-state index in [0.717, 1.165) is 31.4 Å². The summed E-state index contributed by atoms with van der Waals surface area (Å²) >= 11 is 0. The topological polar surface area (TPSA) is 25.2 Å². The second-order valence-electron chi connectivity index (χ2n) is 3.92. The molecule has 1 aromatic heterocycles. The van der Waals surface area contributed by atoms with Gasteiger partial charge in [0.05, 0.1) is 6.10 Å². The minimum Gasteiger partial charge on any atom is -0.388 e. The van der Waals surface area contributed by atoms with Crippen molar-refractivity contribution in [1.29, 1.82) is 0 Å². The van der Waals surface area contributed by atoms with Gasteiger partial charge in [0, 0.05) is 25.4 Å². The molecule has 74 valence electrons. The Hall–Kier alpha value is -1.20. The van der Waals surface area contributed by atoms with Crippen molar-refractivity contribution in [3.05, 3.63) is 24.0 Å². The number of aliphatic hydroxyl groups excluding tert-OH is 1. The third kappa shape index (κ3) is 2.00. The molecule has 0 aromatic carbocycles. The molecule has 1 aromatic rings. The van der Waals surface area contributed by atoms with Crippen LogP contribution in [0.25, 0.3) is 0 Å². The van der Waals surface area contributed by atoms with Crippen molar-refractivity contribution in [3.63, 3.8) is 0 Å². The third-order valence-corrected chi connectivity index (χ3v) is 2.70. The average Bonchev–Trinajstić information content (AvgIpc) is 2.94. The molecule has 1 unspecified atom stereocenters. The van der Waals surface area contributed by atoms with Crippen LogP contribution in [0.5, 0.6) is 0 Å². The van der Waals surface area contributed by atoms with Crippen LogP contribution in [0, 0.1) is 18.3 Å².